The molecule has 8 unspecified atom stereocenters. The van der Waals surface area contributed by atoms with E-state index in [9.17, 15) is 19.2 Å². The molecule has 162 valence electrons. The smallest absolute Gasteiger partial charge is 0.335 e. The first-order chi connectivity index (χ1) is 11.8. The third kappa shape index (κ3) is 10.5. The van der Waals surface area contributed by atoms with Crippen LogP contribution >= 0.6 is 0 Å². The largest absolute Gasteiger partial charge is 0.479 e. The SMILES string of the molecule is O=CC(O)C(O)C(O)C(O)C(=O)O.O=CC(O)C(O)C(O)C(O)C(=O)O.[Pt]. The van der Waals surface area contributed by atoms with Gasteiger partial charge < -0.3 is 60.7 Å². The van der Waals surface area contributed by atoms with E-state index in [1.165, 1.54) is 0 Å². The molecule has 10 N–H and O–H groups in total. The number of aliphatic carboxylic acids is 2. The van der Waals surface area contributed by atoms with Gasteiger partial charge in [-0.1, -0.05) is 0 Å². The van der Waals surface area contributed by atoms with Crippen LogP contribution in [0.3, 0.4) is 0 Å². The van der Waals surface area contributed by atoms with Crippen molar-refractivity contribution in [1.29, 1.82) is 0 Å². The Morgan fingerprint density at radius 1 is 0.556 bits per heavy atom. The van der Waals surface area contributed by atoms with Gasteiger partial charge in [-0.3, -0.25) is 0 Å². The zero-order valence-corrected chi connectivity index (χ0v) is 15.5. The topological polar surface area (TPSA) is 271 Å². The van der Waals surface area contributed by atoms with Crippen LogP contribution in [0, 0.1) is 0 Å². The van der Waals surface area contributed by atoms with E-state index in [1.807, 2.05) is 0 Å². The number of aliphatic hydroxyl groups excluding tert-OH is 8. The second kappa shape index (κ2) is 14.7. The molecule has 0 aromatic heterocycles. The minimum atomic E-state index is -2.25. The van der Waals surface area contributed by atoms with E-state index in [0.717, 1.165) is 0 Å². The summed E-state index contributed by atoms with van der Waals surface area (Å²) in [5.41, 5.74) is 0. The van der Waals surface area contributed by atoms with Gasteiger partial charge in [-0.15, -0.1) is 0 Å². The molecule has 27 heavy (non-hydrogen) atoms. The van der Waals surface area contributed by atoms with E-state index < -0.39 is 60.8 Å². The number of aliphatic hydroxyl groups is 8. The summed E-state index contributed by atoms with van der Waals surface area (Å²) >= 11 is 0. The molecule has 14 nitrogen and oxygen atoms in total. The van der Waals surface area contributed by atoms with Crippen molar-refractivity contribution < 1.29 is 91.3 Å². The van der Waals surface area contributed by atoms with Crippen LogP contribution in [0.2, 0.25) is 0 Å². The number of carbonyl (C=O) groups is 4. The Morgan fingerprint density at radius 2 is 0.778 bits per heavy atom. The van der Waals surface area contributed by atoms with Gasteiger partial charge in [0.15, 0.2) is 24.8 Å². The van der Waals surface area contributed by atoms with E-state index >= 15 is 0 Å². The van der Waals surface area contributed by atoms with Gasteiger partial charge in [0.05, 0.1) is 0 Å². The van der Waals surface area contributed by atoms with Crippen LogP contribution in [0.4, 0.5) is 0 Å². The van der Waals surface area contributed by atoms with E-state index in [4.69, 9.17) is 51.1 Å². The van der Waals surface area contributed by atoms with E-state index in [1.54, 1.807) is 0 Å². The second-order valence-corrected chi connectivity index (χ2v) is 4.78. The van der Waals surface area contributed by atoms with Gasteiger partial charge in [-0.05, 0) is 0 Å². The van der Waals surface area contributed by atoms with Crippen molar-refractivity contribution in [3.05, 3.63) is 0 Å². The Bertz CT molecular complexity index is 431. The zero-order valence-electron chi connectivity index (χ0n) is 13.2. The van der Waals surface area contributed by atoms with Gasteiger partial charge in [0.1, 0.15) is 36.6 Å². The molecular weight excluding hydrogens is 563 g/mol. The molecule has 0 aliphatic rings. The third-order valence-corrected chi connectivity index (χ3v) is 2.83. The number of carboxylic acids is 2. The predicted molar refractivity (Wildman–Crippen MR) is 75.5 cm³/mol. The first-order valence-corrected chi connectivity index (χ1v) is 6.64. The molecular formula is C12H20O14Pt. The Kier molecular flexibility index (Phi) is 16.5. The fourth-order valence-corrected chi connectivity index (χ4v) is 1.23. The minimum Gasteiger partial charge on any atom is -0.479 e. The summed E-state index contributed by atoms with van der Waals surface area (Å²) in [6, 6.07) is 0. The van der Waals surface area contributed by atoms with Crippen LogP contribution in [0.5, 0.6) is 0 Å². The molecule has 0 saturated carbocycles. The van der Waals surface area contributed by atoms with Crippen LogP contribution in [0.1, 0.15) is 0 Å². The molecule has 8 atom stereocenters. The Labute approximate surface area is 165 Å². The summed E-state index contributed by atoms with van der Waals surface area (Å²) in [7, 11) is 0. The average Bonchev–Trinajstić information content (AvgIpc) is 2.62. The van der Waals surface area contributed by atoms with E-state index in [2.05, 4.69) is 0 Å². The second-order valence-electron chi connectivity index (χ2n) is 4.78. The Balaban J connectivity index is -0.000000411. The van der Waals surface area contributed by atoms with Crippen LogP contribution in [0.25, 0.3) is 0 Å². The third-order valence-electron chi connectivity index (χ3n) is 2.83. The van der Waals surface area contributed by atoms with Gasteiger partial charge in [0, 0.05) is 21.1 Å². The maximum absolute atomic E-state index is 10.1. The normalized spacial score (nSPS) is 19.3. The number of carboxylic acid groups (broad SMARTS) is 2. The number of rotatable bonds is 10. The van der Waals surface area contributed by atoms with E-state index in [-0.39, 0.29) is 33.6 Å². The fraction of sp³-hybridized carbons (Fsp3) is 0.667. The van der Waals surface area contributed by atoms with Gasteiger partial charge in [0.2, 0.25) is 0 Å². The van der Waals surface area contributed by atoms with Crippen molar-refractivity contribution in [3.8, 4) is 0 Å². The van der Waals surface area contributed by atoms with Gasteiger partial charge >= 0.3 is 11.9 Å². The van der Waals surface area contributed by atoms with Crippen molar-refractivity contribution in [2.24, 2.45) is 0 Å². The van der Waals surface area contributed by atoms with Crippen LogP contribution < -0.4 is 0 Å². The van der Waals surface area contributed by atoms with Crippen molar-refractivity contribution in [3.63, 3.8) is 0 Å². The summed E-state index contributed by atoms with van der Waals surface area (Å²) in [5, 5.41) is 86.4. The molecule has 15 heteroatoms. The Hall–Kier alpha value is -1.35. The van der Waals surface area contributed by atoms with Crippen LogP contribution in [-0.4, -0.2) is 124 Å². The Morgan fingerprint density at radius 3 is 0.926 bits per heavy atom. The number of carbonyl (C=O) groups excluding carboxylic acids is 2. The zero-order chi connectivity index (χ0) is 21.2. The molecule has 0 fully saturated rings. The quantitative estimate of drug-likeness (QED) is 0.107. The molecule has 0 rings (SSSR count). The molecule has 0 aromatic rings. The number of aldehydes is 2. The fourth-order valence-electron chi connectivity index (χ4n) is 1.23. The monoisotopic (exact) mass is 583 g/mol. The molecule has 0 spiro atoms. The predicted octanol–water partition coefficient (Wildman–Crippen LogP) is -6.58. The summed E-state index contributed by atoms with van der Waals surface area (Å²) in [6.07, 6.45) is -16.8. The summed E-state index contributed by atoms with van der Waals surface area (Å²) < 4.78 is 0. The molecule has 0 saturated heterocycles. The molecule has 0 aliphatic carbocycles. The first-order valence-electron chi connectivity index (χ1n) is 6.64. The summed E-state index contributed by atoms with van der Waals surface area (Å²) in [4.78, 5) is 39.9. The summed E-state index contributed by atoms with van der Waals surface area (Å²) in [5.74, 6) is -3.52. The van der Waals surface area contributed by atoms with E-state index in [0.29, 0.717) is 0 Å². The molecule has 0 heterocycles. The first kappa shape index (κ1) is 30.4. The van der Waals surface area contributed by atoms with Gasteiger partial charge in [0.25, 0.3) is 0 Å². The van der Waals surface area contributed by atoms with Crippen LogP contribution in [-0.2, 0) is 40.2 Å². The molecule has 0 aromatic carbocycles. The molecule has 0 aliphatic heterocycles. The maximum atomic E-state index is 10.1. The number of hydrogen-bond donors (Lipinski definition) is 10. The van der Waals surface area contributed by atoms with Gasteiger partial charge in [-0.25, -0.2) is 9.59 Å². The van der Waals surface area contributed by atoms with Crippen molar-refractivity contribution in [2.45, 2.75) is 48.8 Å². The maximum Gasteiger partial charge on any atom is 0.335 e. The minimum absolute atomic E-state index is 0. The van der Waals surface area contributed by atoms with Gasteiger partial charge in [-0.2, -0.15) is 0 Å². The number of hydrogen-bond acceptors (Lipinski definition) is 12. The molecule has 0 amide bonds. The average molecular weight is 583 g/mol. The van der Waals surface area contributed by atoms with Crippen LogP contribution in [0.15, 0.2) is 0 Å². The van der Waals surface area contributed by atoms with Crippen molar-refractivity contribution in [2.75, 3.05) is 0 Å². The standard InChI is InChI=1S/2C6H10O7.Pt/c2*7-1-2(8)3(9)4(10)5(11)6(12)13;/h2*1-5,8-11H,(H,12,13);. The van der Waals surface area contributed by atoms with Crippen molar-refractivity contribution in [1.82, 2.24) is 0 Å². The van der Waals surface area contributed by atoms with Crippen molar-refractivity contribution >= 4 is 24.5 Å². The summed E-state index contributed by atoms with van der Waals surface area (Å²) in [6.45, 7) is 0. The molecule has 0 radical (unpaired) electrons. The molecule has 0 bridgehead atoms.